The molecule has 0 saturated heterocycles. The van der Waals surface area contributed by atoms with E-state index in [9.17, 15) is 14.4 Å². The van der Waals surface area contributed by atoms with Gasteiger partial charge in [-0.2, -0.15) is 0 Å². The van der Waals surface area contributed by atoms with Crippen molar-refractivity contribution in [2.75, 3.05) is 13.2 Å². The molecule has 0 fully saturated rings. The summed E-state index contributed by atoms with van der Waals surface area (Å²) in [5.74, 6) is -0.875. The quantitative estimate of drug-likeness (QED) is 0.0261. The van der Waals surface area contributed by atoms with Crippen LogP contribution in [0.25, 0.3) is 0 Å². The number of hydrogen-bond donors (Lipinski definition) is 0. The first-order chi connectivity index (χ1) is 39.0. The van der Waals surface area contributed by atoms with E-state index < -0.39 is 6.10 Å². The Hall–Kier alpha value is -3.41. The second-order valence-electron chi connectivity index (χ2n) is 22.7. The Morgan fingerprint density at radius 1 is 0.266 bits per heavy atom. The second-order valence-corrected chi connectivity index (χ2v) is 22.7. The topological polar surface area (TPSA) is 78.9 Å². The van der Waals surface area contributed by atoms with Crippen molar-refractivity contribution < 1.29 is 28.6 Å². The SMILES string of the molecule is CC/C=C\C/C=C\C/C=C\C/C=C\C/C=C\CCCCCCCCCCCCCCCC(=O)OCC(COC(=O)CCCCCCC/C=C\C/C=C\CCC)OC(=O)CCCCCCCCCCCCCCCCCCCCC. The summed E-state index contributed by atoms with van der Waals surface area (Å²) >= 11 is 0. The van der Waals surface area contributed by atoms with Crippen molar-refractivity contribution in [1.82, 2.24) is 0 Å². The van der Waals surface area contributed by atoms with Gasteiger partial charge in [0.2, 0.25) is 0 Å². The molecule has 0 spiro atoms. The molecule has 0 aromatic heterocycles. The van der Waals surface area contributed by atoms with Crippen molar-refractivity contribution in [1.29, 1.82) is 0 Å². The summed E-state index contributed by atoms with van der Waals surface area (Å²) in [6, 6.07) is 0. The van der Waals surface area contributed by atoms with E-state index in [-0.39, 0.29) is 31.1 Å². The van der Waals surface area contributed by atoms with Crippen LogP contribution in [0.5, 0.6) is 0 Å². The molecule has 79 heavy (non-hydrogen) atoms. The van der Waals surface area contributed by atoms with Gasteiger partial charge in [-0.25, -0.2) is 0 Å². The molecule has 1 atom stereocenters. The molecule has 0 aliphatic rings. The number of allylic oxidation sites excluding steroid dienone is 14. The summed E-state index contributed by atoms with van der Waals surface area (Å²) in [4.78, 5) is 38.4. The fraction of sp³-hybridized carbons (Fsp3) is 0.767. The van der Waals surface area contributed by atoms with Crippen LogP contribution in [0, 0.1) is 0 Å². The third-order valence-corrected chi connectivity index (χ3v) is 14.9. The Kier molecular flexibility index (Phi) is 64.2. The predicted molar refractivity (Wildman–Crippen MR) is 344 cm³/mol. The molecule has 0 N–H and O–H groups in total. The molecule has 0 aromatic carbocycles. The number of hydrogen-bond acceptors (Lipinski definition) is 6. The molecule has 0 amide bonds. The minimum Gasteiger partial charge on any atom is -0.462 e. The molecule has 0 saturated carbocycles. The molecule has 1 unspecified atom stereocenters. The average Bonchev–Trinajstić information content (AvgIpc) is 3.45. The monoisotopic (exact) mass is 1100 g/mol. The maximum absolute atomic E-state index is 12.9. The number of esters is 3. The first-order valence-electron chi connectivity index (χ1n) is 34.1. The minimum atomic E-state index is -0.781. The van der Waals surface area contributed by atoms with E-state index in [0.717, 1.165) is 116 Å². The highest BCUT2D eigenvalue weighted by Crippen LogP contribution is 2.18. The smallest absolute Gasteiger partial charge is 0.306 e. The standard InChI is InChI=1S/C73H128O6/c1-4-7-10-13-16-19-22-25-27-29-31-32-33-34-35-36-37-38-39-40-42-43-45-48-51-54-57-60-63-66-72(75)78-69-70(68-77-71(74)65-62-59-56-53-50-47-24-21-18-15-12-9-6-3)79-73(76)67-64-61-58-55-52-49-46-44-41-30-28-26-23-20-17-14-11-8-5-2/h7,10,12,15-16,19,21,24-25,27,31-32,34-35,70H,4-6,8-9,11,13-14,17-18,20,22-23,26,28-30,33,36-69H2,1-3H3/b10-7-,15-12-,19-16-,24-21-,27-25-,32-31-,35-34-. The highest BCUT2D eigenvalue weighted by molar-refractivity contribution is 5.71. The average molecular weight is 1100 g/mol. The third-order valence-electron chi connectivity index (χ3n) is 14.9. The molecule has 0 rings (SSSR count). The summed E-state index contributed by atoms with van der Waals surface area (Å²) in [7, 11) is 0. The van der Waals surface area contributed by atoms with Gasteiger partial charge in [0.05, 0.1) is 0 Å². The van der Waals surface area contributed by atoms with E-state index in [1.54, 1.807) is 0 Å². The van der Waals surface area contributed by atoms with Crippen LogP contribution < -0.4 is 0 Å². The summed E-state index contributed by atoms with van der Waals surface area (Å²) in [5, 5.41) is 0. The lowest BCUT2D eigenvalue weighted by molar-refractivity contribution is -0.167. The summed E-state index contributed by atoms with van der Waals surface area (Å²) in [5.41, 5.74) is 0. The lowest BCUT2D eigenvalue weighted by Crippen LogP contribution is -2.30. The van der Waals surface area contributed by atoms with Gasteiger partial charge in [0.15, 0.2) is 6.10 Å². The largest absolute Gasteiger partial charge is 0.462 e. The van der Waals surface area contributed by atoms with Gasteiger partial charge in [0.1, 0.15) is 13.2 Å². The Bertz CT molecular complexity index is 1500. The van der Waals surface area contributed by atoms with Crippen molar-refractivity contribution in [3.05, 3.63) is 85.1 Å². The first kappa shape index (κ1) is 75.6. The summed E-state index contributed by atoms with van der Waals surface area (Å²) < 4.78 is 17.0. The van der Waals surface area contributed by atoms with Crippen molar-refractivity contribution in [3.63, 3.8) is 0 Å². The van der Waals surface area contributed by atoms with E-state index in [4.69, 9.17) is 14.2 Å². The summed E-state index contributed by atoms with van der Waals surface area (Å²) in [6.07, 6.45) is 88.9. The lowest BCUT2D eigenvalue weighted by atomic mass is 10.0. The molecule has 6 nitrogen and oxygen atoms in total. The van der Waals surface area contributed by atoms with E-state index in [0.29, 0.717) is 19.3 Å². The Morgan fingerprint density at radius 3 is 0.823 bits per heavy atom. The van der Waals surface area contributed by atoms with Crippen LogP contribution in [0.3, 0.4) is 0 Å². The Morgan fingerprint density at radius 2 is 0.519 bits per heavy atom. The number of rotatable bonds is 62. The van der Waals surface area contributed by atoms with Crippen LogP contribution in [0.2, 0.25) is 0 Å². The Labute approximate surface area is 490 Å². The zero-order valence-corrected chi connectivity index (χ0v) is 52.4. The van der Waals surface area contributed by atoms with Gasteiger partial charge >= 0.3 is 17.9 Å². The number of unbranched alkanes of at least 4 members (excludes halogenated alkanes) is 37. The van der Waals surface area contributed by atoms with Gasteiger partial charge in [-0.05, 0) is 89.9 Å². The molecule has 6 heteroatoms. The maximum atomic E-state index is 12.9. The van der Waals surface area contributed by atoms with Crippen LogP contribution >= 0.6 is 0 Å². The first-order valence-corrected chi connectivity index (χ1v) is 34.1. The van der Waals surface area contributed by atoms with Crippen LogP contribution in [0.4, 0.5) is 0 Å². The zero-order valence-electron chi connectivity index (χ0n) is 52.4. The number of carbonyl (C=O) groups is 3. The van der Waals surface area contributed by atoms with Crippen molar-refractivity contribution in [2.24, 2.45) is 0 Å². The highest BCUT2D eigenvalue weighted by Gasteiger charge is 2.19. The van der Waals surface area contributed by atoms with E-state index in [1.165, 1.54) is 186 Å². The van der Waals surface area contributed by atoms with Gasteiger partial charge < -0.3 is 14.2 Å². The van der Waals surface area contributed by atoms with Gasteiger partial charge in [0, 0.05) is 19.3 Å². The van der Waals surface area contributed by atoms with Gasteiger partial charge in [-0.3, -0.25) is 14.4 Å². The fourth-order valence-corrected chi connectivity index (χ4v) is 9.80. The number of ether oxygens (including phenoxy) is 3. The fourth-order valence-electron chi connectivity index (χ4n) is 9.80. The zero-order chi connectivity index (χ0) is 57.1. The third kappa shape index (κ3) is 65.3. The van der Waals surface area contributed by atoms with Crippen molar-refractivity contribution in [2.45, 2.75) is 348 Å². The molecular weight excluding hydrogens is 973 g/mol. The molecule has 0 aliphatic carbocycles. The van der Waals surface area contributed by atoms with Gasteiger partial charge in [-0.1, -0.05) is 318 Å². The van der Waals surface area contributed by atoms with Gasteiger partial charge in [-0.15, -0.1) is 0 Å². The molecule has 0 aromatic rings. The predicted octanol–water partition coefficient (Wildman–Crippen LogP) is 23.4. The van der Waals surface area contributed by atoms with Crippen molar-refractivity contribution in [3.8, 4) is 0 Å². The van der Waals surface area contributed by atoms with E-state index >= 15 is 0 Å². The highest BCUT2D eigenvalue weighted by atomic mass is 16.6. The normalized spacial score (nSPS) is 12.6. The van der Waals surface area contributed by atoms with Crippen molar-refractivity contribution >= 4 is 17.9 Å². The molecule has 0 bridgehead atoms. The van der Waals surface area contributed by atoms with Crippen LogP contribution in [-0.2, 0) is 28.6 Å². The van der Waals surface area contributed by atoms with Gasteiger partial charge in [0.25, 0.3) is 0 Å². The molecular formula is C73H128O6. The minimum absolute atomic E-state index is 0.0778. The van der Waals surface area contributed by atoms with E-state index in [2.05, 4.69) is 106 Å². The maximum Gasteiger partial charge on any atom is 0.306 e. The molecule has 0 radical (unpaired) electrons. The summed E-state index contributed by atoms with van der Waals surface area (Å²) in [6.45, 7) is 6.50. The van der Waals surface area contributed by atoms with Crippen LogP contribution in [0.1, 0.15) is 342 Å². The molecule has 456 valence electrons. The molecule has 0 heterocycles. The number of carbonyl (C=O) groups excluding carboxylic acids is 3. The lowest BCUT2D eigenvalue weighted by Gasteiger charge is -2.18. The Balaban J connectivity index is 4.24. The van der Waals surface area contributed by atoms with E-state index in [1.807, 2.05) is 0 Å². The molecule has 0 aliphatic heterocycles. The second kappa shape index (κ2) is 67.1. The van der Waals surface area contributed by atoms with Crippen LogP contribution in [-0.4, -0.2) is 37.2 Å². The van der Waals surface area contributed by atoms with Crippen LogP contribution in [0.15, 0.2) is 85.1 Å².